The van der Waals surface area contributed by atoms with Crippen molar-refractivity contribution in [1.82, 2.24) is 4.98 Å². The molecule has 0 unspecified atom stereocenters. The standard InChI is InChI=1S/C20H18N2O/c1-2-15-8-10-16(11-9-15)17-12-18(14-21-13-17)20(23)22-19-6-4-3-5-7-19/h3-14H,2H2,1H3,(H,22,23). The second kappa shape index (κ2) is 6.88. The molecule has 3 heteroatoms. The first-order valence-electron chi connectivity index (χ1n) is 7.67. The van der Waals surface area contributed by atoms with Gasteiger partial charge in [0.2, 0.25) is 0 Å². The van der Waals surface area contributed by atoms with Crippen molar-refractivity contribution in [3.63, 3.8) is 0 Å². The Morgan fingerprint density at radius 1 is 0.957 bits per heavy atom. The number of amides is 1. The summed E-state index contributed by atoms with van der Waals surface area (Å²) in [4.78, 5) is 16.6. The normalized spacial score (nSPS) is 10.3. The number of nitrogens with zero attached hydrogens (tertiary/aromatic N) is 1. The van der Waals surface area contributed by atoms with E-state index in [4.69, 9.17) is 0 Å². The zero-order chi connectivity index (χ0) is 16.1. The zero-order valence-corrected chi connectivity index (χ0v) is 13.0. The molecule has 0 aliphatic rings. The van der Waals surface area contributed by atoms with Gasteiger partial charge in [-0.2, -0.15) is 0 Å². The number of anilines is 1. The number of carbonyl (C=O) groups is 1. The minimum atomic E-state index is -0.157. The summed E-state index contributed by atoms with van der Waals surface area (Å²) in [5, 5.41) is 2.88. The minimum Gasteiger partial charge on any atom is -0.322 e. The third-order valence-corrected chi connectivity index (χ3v) is 3.73. The molecule has 0 aliphatic heterocycles. The van der Waals surface area contributed by atoms with Gasteiger partial charge in [0.25, 0.3) is 5.91 Å². The van der Waals surface area contributed by atoms with Gasteiger partial charge in [-0.15, -0.1) is 0 Å². The smallest absolute Gasteiger partial charge is 0.257 e. The summed E-state index contributed by atoms with van der Waals surface area (Å²) in [6.45, 7) is 2.13. The molecule has 0 aliphatic carbocycles. The Kier molecular flexibility index (Phi) is 4.48. The third kappa shape index (κ3) is 3.64. The fourth-order valence-corrected chi connectivity index (χ4v) is 2.38. The molecule has 0 saturated carbocycles. The average molecular weight is 302 g/mol. The summed E-state index contributed by atoms with van der Waals surface area (Å²) in [7, 11) is 0. The van der Waals surface area contributed by atoms with Crippen LogP contribution in [0.1, 0.15) is 22.8 Å². The van der Waals surface area contributed by atoms with E-state index in [1.807, 2.05) is 36.4 Å². The van der Waals surface area contributed by atoms with E-state index in [9.17, 15) is 4.79 Å². The molecule has 3 nitrogen and oxygen atoms in total. The lowest BCUT2D eigenvalue weighted by atomic mass is 10.0. The van der Waals surface area contributed by atoms with Crippen LogP contribution >= 0.6 is 0 Å². The number of para-hydroxylation sites is 1. The highest BCUT2D eigenvalue weighted by atomic mass is 16.1. The van der Waals surface area contributed by atoms with E-state index < -0.39 is 0 Å². The van der Waals surface area contributed by atoms with E-state index in [1.165, 1.54) is 5.56 Å². The van der Waals surface area contributed by atoms with Crippen molar-refractivity contribution in [2.45, 2.75) is 13.3 Å². The number of hydrogen-bond donors (Lipinski definition) is 1. The maximum absolute atomic E-state index is 12.3. The van der Waals surface area contributed by atoms with Gasteiger partial charge >= 0.3 is 0 Å². The van der Waals surface area contributed by atoms with Crippen molar-refractivity contribution in [2.24, 2.45) is 0 Å². The molecule has 0 fully saturated rings. The third-order valence-electron chi connectivity index (χ3n) is 3.73. The molecular weight excluding hydrogens is 284 g/mol. The fourth-order valence-electron chi connectivity index (χ4n) is 2.38. The first kappa shape index (κ1) is 15.0. The second-order valence-corrected chi connectivity index (χ2v) is 5.33. The van der Waals surface area contributed by atoms with Gasteiger partial charge in [-0.05, 0) is 35.7 Å². The number of nitrogens with one attached hydrogen (secondary N) is 1. The van der Waals surface area contributed by atoms with Crippen LogP contribution in [0.25, 0.3) is 11.1 Å². The summed E-state index contributed by atoms with van der Waals surface area (Å²) in [6, 6.07) is 19.6. The van der Waals surface area contributed by atoms with Gasteiger partial charge in [0, 0.05) is 23.6 Å². The zero-order valence-electron chi connectivity index (χ0n) is 13.0. The molecule has 0 radical (unpaired) electrons. The lowest BCUT2D eigenvalue weighted by Gasteiger charge is -2.07. The molecule has 3 aromatic rings. The van der Waals surface area contributed by atoms with Crippen LogP contribution in [-0.2, 0) is 6.42 Å². The van der Waals surface area contributed by atoms with Crippen molar-refractivity contribution in [3.05, 3.63) is 84.2 Å². The van der Waals surface area contributed by atoms with Crippen LogP contribution < -0.4 is 5.32 Å². The number of aromatic nitrogens is 1. The summed E-state index contributed by atoms with van der Waals surface area (Å²) in [5.41, 5.74) is 4.61. The molecule has 3 rings (SSSR count). The lowest BCUT2D eigenvalue weighted by Crippen LogP contribution is -2.12. The Morgan fingerprint density at radius 3 is 2.39 bits per heavy atom. The van der Waals surface area contributed by atoms with Crippen molar-refractivity contribution >= 4 is 11.6 Å². The molecule has 0 bridgehead atoms. The van der Waals surface area contributed by atoms with Gasteiger partial charge in [0.15, 0.2) is 0 Å². The molecule has 1 N–H and O–H groups in total. The SMILES string of the molecule is CCc1ccc(-c2cncc(C(=O)Nc3ccccc3)c2)cc1. The minimum absolute atomic E-state index is 0.157. The molecule has 23 heavy (non-hydrogen) atoms. The summed E-state index contributed by atoms with van der Waals surface area (Å²) in [5.74, 6) is -0.157. The van der Waals surface area contributed by atoms with Gasteiger partial charge in [0.1, 0.15) is 0 Å². The molecule has 2 aromatic carbocycles. The fraction of sp³-hybridized carbons (Fsp3) is 0.100. The highest BCUT2D eigenvalue weighted by Crippen LogP contribution is 2.20. The van der Waals surface area contributed by atoms with Crippen LogP contribution in [0.15, 0.2) is 73.1 Å². The molecule has 0 saturated heterocycles. The van der Waals surface area contributed by atoms with Crippen molar-refractivity contribution in [1.29, 1.82) is 0 Å². The number of aryl methyl sites for hydroxylation is 1. The van der Waals surface area contributed by atoms with Crippen molar-refractivity contribution in [2.75, 3.05) is 5.32 Å². The van der Waals surface area contributed by atoms with Crippen LogP contribution in [0.3, 0.4) is 0 Å². The number of hydrogen-bond acceptors (Lipinski definition) is 2. The molecule has 0 atom stereocenters. The highest BCUT2D eigenvalue weighted by molar-refractivity contribution is 6.04. The van der Waals surface area contributed by atoms with Gasteiger partial charge < -0.3 is 5.32 Å². The first-order valence-corrected chi connectivity index (χ1v) is 7.67. The van der Waals surface area contributed by atoms with Crippen LogP contribution in [0.4, 0.5) is 5.69 Å². The first-order chi connectivity index (χ1) is 11.3. The van der Waals surface area contributed by atoms with Gasteiger partial charge in [-0.3, -0.25) is 9.78 Å². The average Bonchev–Trinajstić information content (AvgIpc) is 2.63. The molecule has 114 valence electrons. The molecule has 1 heterocycles. The van der Waals surface area contributed by atoms with E-state index in [2.05, 4.69) is 41.5 Å². The summed E-state index contributed by atoms with van der Waals surface area (Å²) in [6.07, 6.45) is 4.38. The van der Waals surface area contributed by atoms with Gasteiger partial charge in [-0.25, -0.2) is 0 Å². The summed E-state index contributed by atoms with van der Waals surface area (Å²) >= 11 is 0. The number of benzene rings is 2. The molecule has 0 spiro atoms. The summed E-state index contributed by atoms with van der Waals surface area (Å²) < 4.78 is 0. The van der Waals surface area contributed by atoms with Crippen molar-refractivity contribution in [3.8, 4) is 11.1 Å². The van der Waals surface area contributed by atoms with Gasteiger partial charge in [-0.1, -0.05) is 49.4 Å². The number of pyridine rings is 1. The monoisotopic (exact) mass is 302 g/mol. The topological polar surface area (TPSA) is 42.0 Å². The Labute approximate surface area is 136 Å². The molecular formula is C20H18N2O. The van der Waals surface area contributed by atoms with E-state index >= 15 is 0 Å². The molecule has 1 aromatic heterocycles. The van der Waals surface area contributed by atoms with Crippen LogP contribution in [0, 0.1) is 0 Å². The number of carbonyl (C=O) groups excluding carboxylic acids is 1. The van der Waals surface area contributed by atoms with Crippen molar-refractivity contribution < 1.29 is 4.79 Å². The van der Waals surface area contributed by atoms with E-state index in [1.54, 1.807) is 12.4 Å². The second-order valence-electron chi connectivity index (χ2n) is 5.33. The Hall–Kier alpha value is -2.94. The number of rotatable bonds is 4. The van der Waals surface area contributed by atoms with E-state index in [0.29, 0.717) is 5.56 Å². The Bertz CT molecular complexity index is 795. The van der Waals surface area contributed by atoms with Crippen LogP contribution in [-0.4, -0.2) is 10.9 Å². The predicted octanol–water partition coefficient (Wildman–Crippen LogP) is 4.56. The quantitative estimate of drug-likeness (QED) is 0.767. The lowest BCUT2D eigenvalue weighted by molar-refractivity contribution is 0.102. The Balaban J connectivity index is 1.82. The van der Waals surface area contributed by atoms with Crippen LogP contribution in [0.5, 0.6) is 0 Å². The highest BCUT2D eigenvalue weighted by Gasteiger charge is 2.08. The van der Waals surface area contributed by atoms with Crippen LogP contribution in [0.2, 0.25) is 0 Å². The van der Waals surface area contributed by atoms with E-state index in [0.717, 1.165) is 23.2 Å². The maximum Gasteiger partial charge on any atom is 0.257 e. The predicted molar refractivity (Wildman–Crippen MR) is 93.4 cm³/mol. The van der Waals surface area contributed by atoms with Gasteiger partial charge in [0.05, 0.1) is 5.56 Å². The molecule has 1 amide bonds. The largest absolute Gasteiger partial charge is 0.322 e. The Morgan fingerprint density at radius 2 is 1.70 bits per heavy atom. The maximum atomic E-state index is 12.3. The van der Waals surface area contributed by atoms with E-state index in [-0.39, 0.29) is 5.91 Å².